The Morgan fingerprint density at radius 1 is 1.30 bits per heavy atom. The van der Waals surface area contributed by atoms with Crippen molar-refractivity contribution >= 4 is 11.6 Å². The number of aliphatic hydroxyl groups excluding tert-OH is 1. The number of hydrogen-bond acceptors (Lipinski definition) is 2. The van der Waals surface area contributed by atoms with Crippen LogP contribution < -0.4 is 5.32 Å². The third-order valence-electron chi connectivity index (χ3n) is 4.22. The second-order valence-electron chi connectivity index (χ2n) is 5.95. The lowest BCUT2D eigenvalue weighted by Crippen LogP contribution is -2.48. The predicted octanol–water partition coefficient (Wildman–Crippen LogP) is 4.00. The van der Waals surface area contributed by atoms with Crippen molar-refractivity contribution in [1.29, 1.82) is 0 Å². The molecule has 2 rings (SSSR count). The van der Waals surface area contributed by atoms with Crippen LogP contribution in [0.5, 0.6) is 0 Å². The molecular weight excluding hydrogens is 277 g/mol. The first-order valence-electron chi connectivity index (χ1n) is 7.39. The highest BCUT2D eigenvalue weighted by Crippen LogP contribution is 2.30. The number of hydrogen-bond donors (Lipinski definition) is 2. The number of benzene rings is 1. The summed E-state index contributed by atoms with van der Waals surface area (Å²) in [7, 11) is 0. The van der Waals surface area contributed by atoms with Gasteiger partial charge in [0.05, 0.1) is 12.1 Å². The number of halogens is 2. The number of aliphatic hydroxyl groups is 1. The number of rotatable bonds is 4. The van der Waals surface area contributed by atoms with Crippen molar-refractivity contribution in [2.45, 2.75) is 57.0 Å². The van der Waals surface area contributed by atoms with Crippen LogP contribution in [0.4, 0.5) is 4.39 Å². The summed E-state index contributed by atoms with van der Waals surface area (Å²) < 4.78 is 13.2. The highest BCUT2D eigenvalue weighted by molar-refractivity contribution is 6.31. The second-order valence-corrected chi connectivity index (χ2v) is 6.35. The van der Waals surface area contributed by atoms with E-state index in [1.807, 2.05) is 6.92 Å². The van der Waals surface area contributed by atoms with Gasteiger partial charge in [0.1, 0.15) is 5.82 Å². The van der Waals surface area contributed by atoms with Crippen molar-refractivity contribution < 1.29 is 9.50 Å². The van der Waals surface area contributed by atoms with Crippen LogP contribution >= 0.6 is 11.6 Å². The van der Waals surface area contributed by atoms with Crippen LogP contribution in [0.15, 0.2) is 18.2 Å². The fraction of sp³-hybridized carbons (Fsp3) is 0.625. The van der Waals surface area contributed by atoms with E-state index < -0.39 is 5.54 Å². The van der Waals surface area contributed by atoms with Gasteiger partial charge in [0.25, 0.3) is 0 Å². The summed E-state index contributed by atoms with van der Waals surface area (Å²) >= 11 is 6.15. The normalized spacial score (nSPS) is 20.4. The first-order chi connectivity index (χ1) is 9.55. The quantitative estimate of drug-likeness (QED) is 0.824. The van der Waals surface area contributed by atoms with Gasteiger partial charge in [0.15, 0.2) is 0 Å². The summed E-state index contributed by atoms with van der Waals surface area (Å²) in [5, 5.41) is 13.7. The Kier molecular flexibility index (Phi) is 5.42. The lowest BCUT2D eigenvalue weighted by Gasteiger charge is -2.34. The maximum absolute atomic E-state index is 13.2. The maximum atomic E-state index is 13.2. The molecule has 0 saturated heterocycles. The Balaban J connectivity index is 2.18. The molecule has 112 valence electrons. The Bertz CT molecular complexity index is 446. The molecule has 0 heterocycles. The van der Waals surface area contributed by atoms with Crippen LogP contribution in [0.25, 0.3) is 0 Å². The van der Waals surface area contributed by atoms with E-state index in [9.17, 15) is 9.50 Å². The summed E-state index contributed by atoms with van der Waals surface area (Å²) in [6, 6.07) is 4.75. The van der Waals surface area contributed by atoms with E-state index in [1.54, 1.807) is 6.07 Å². The summed E-state index contributed by atoms with van der Waals surface area (Å²) in [5.74, 6) is -0.353. The van der Waals surface area contributed by atoms with Crippen molar-refractivity contribution in [2.75, 3.05) is 6.61 Å². The van der Waals surface area contributed by atoms with Gasteiger partial charge in [0, 0.05) is 11.1 Å². The molecule has 2 N–H and O–H groups in total. The standard InChI is InChI=1S/C16H23ClFNO/c1-16(11-20,14-9-8-12(18)10-15(14)17)19-13-6-4-2-3-5-7-13/h8-10,13,19-20H,2-7,11H2,1H3. The van der Waals surface area contributed by atoms with E-state index in [1.165, 1.54) is 37.8 Å². The van der Waals surface area contributed by atoms with Crippen LogP contribution in [-0.2, 0) is 5.54 Å². The molecule has 20 heavy (non-hydrogen) atoms. The Morgan fingerprint density at radius 3 is 2.50 bits per heavy atom. The van der Waals surface area contributed by atoms with Gasteiger partial charge in [-0.05, 0) is 37.5 Å². The molecule has 0 bridgehead atoms. The topological polar surface area (TPSA) is 32.3 Å². The average Bonchev–Trinajstić information content (AvgIpc) is 2.67. The Morgan fingerprint density at radius 2 is 1.95 bits per heavy atom. The van der Waals surface area contributed by atoms with Crippen molar-refractivity contribution in [2.24, 2.45) is 0 Å². The average molecular weight is 300 g/mol. The molecule has 1 aromatic rings. The van der Waals surface area contributed by atoms with Crippen LogP contribution in [0, 0.1) is 5.82 Å². The van der Waals surface area contributed by atoms with Crippen LogP contribution in [0.1, 0.15) is 51.0 Å². The SMILES string of the molecule is CC(CO)(NC1CCCCCC1)c1ccc(F)cc1Cl. The molecule has 1 aliphatic rings. The van der Waals surface area contributed by atoms with E-state index in [0.717, 1.165) is 18.4 Å². The Hall–Kier alpha value is -0.640. The summed E-state index contributed by atoms with van der Waals surface area (Å²) in [6.07, 6.45) is 7.24. The lowest BCUT2D eigenvalue weighted by molar-refractivity contribution is 0.157. The first kappa shape index (κ1) is 15.7. The fourth-order valence-corrected chi connectivity index (χ4v) is 3.40. The van der Waals surface area contributed by atoms with E-state index in [2.05, 4.69) is 5.32 Å². The van der Waals surface area contributed by atoms with E-state index in [-0.39, 0.29) is 12.4 Å². The molecule has 0 spiro atoms. The molecular formula is C16H23ClFNO. The van der Waals surface area contributed by atoms with Gasteiger partial charge >= 0.3 is 0 Å². The minimum absolute atomic E-state index is 0.0607. The summed E-state index contributed by atoms with van der Waals surface area (Å²) in [5.41, 5.74) is 0.132. The molecule has 0 aromatic heterocycles. The highest BCUT2D eigenvalue weighted by atomic mass is 35.5. The molecule has 1 aliphatic carbocycles. The largest absolute Gasteiger partial charge is 0.394 e. The van der Waals surface area contributed by atoms with Gasteiger partial charge in [-0.2, -0.15) is 0 Å². The molecule has 0 radical (unpaired) electrons. The molecule has 4 heteroatoms. The molecule has 0 aliphatic heterocycles. The van der Waals surface area contributed by atoms with Crippen molar-refractivity contribution in [3.05, 3.63) is 34.6 Å². The van der Waals surface area contributed by atoms with Crippen LogP contribution in [0.2, 0.25) is 5.02 Å². The molecule has 1 fully saturated rings. The van der Waals surface area contributed by atoms with Gasteiger partial charge in [0.2, 0.25) is 0 Å². The lowest BCUT2D eigenvalue weighted by atomic mass is 9.90. The van der Waals surface area contributed by atoms with Crippen LogP contribution in [0.3, 0.4) is 0 Å². The minimum Gasteiger partial charge on any atom is -0.394 e. The molecule has 0 amide bonds. The fourth-order valence-electron chi connectivity index (χ4n) is 3.02. The highest BCUT2D eigenvalue weighted by Gasteiger charge is 2.31. The van der Waals surface area contributed by atoms with Crippen LogP contribution in [-0.4, -0.2) is 17.8 Å². The number of nitrogens with one attached hydrogen (secondary N) is 1. The molecule has 1 saturated carbocycles. The van der Waals surface area contributed by atoms with Gasteiger partial charge in [-0.25, -0.2) is 4.39 Å². The zero-order valence-electron chi connectivity index (χ0n) is 12.0. The minimum atomic E-state index is -0.625. The second kappa shape index (κ2) is 6.88. The first-order valence-corrected chi connectivity index (χ1v) is 7.77. The molecule has 1 atom stereocenters. The summed E-state index contributed by atoms with van der Waals surface area (Å²) in [4.78, 5) is 0. The predicted molar refractivity (Wildman–Crippen MR) is 80.5 cm³/mol. The van der Waals surface area contributed by atoms with Crippen molar-refractivity contribution in [1.82, 2.24) is 5.32 Å². The van der Waals surface area contributed by atoms with Crippen molar-refractivity contribution in [3.63, 3.8) is 0 Å². The maximum Gasteiger partial charge on any atom is 0.124 e. The Labute approximate surface area is 125 Å². The molecule has 2 nitrogen and oxygen atoms in total. The molecule has 1 aromatic carbocycles. The van der Waals surface area contributed by atoms with Gasteiger partial charge in [-0.1, -0.05) is 43.4 Å². The summed E-state index contributed by atoms with van der Waals surface area (Å²) in [6.45, 7) is 1.87. The third-order valence-corrected chi connectivity index (χ3v) is 4.53. The van der Waals surface area contributed by atoms with Gasteiger partial charge in [-0.3, -0.25) is 0 Å². The van der Waals surface area contributed by atoms with Crippen molar-refractivity contribution in [3.8, 4) is 0 Å². The monoisotopic (exact) mass is 299 g/mol. The smallest absolute Gasteiger partial charge is 0.124 e. The molecule has 1 unspecified atom stereocenters. The van der Waals surface area contributed by atoms with E-state index >= 15 is 0 Å². The zero-order chi connectivity index (χ0) is 14.6. The zero-order valence-corrected chi connectivity index (χ0v) is 12.7. The third kappa shape index (κ3) is 3.72. The van der Waals surface area contributed by atoms with Gasteiger partial charge in [-0.15, -0.1) is 0 Å². The van der Waals surface area contributed by atoms with E-state index in [0.29, 0.717) is 11.1 Å². The van der Waals surface area contributed by atoms with Gasteiger partial charge < -0.3 is 10.4 Å². The van der Waals surface area contributed by atoms with E-state index in [4.69, 9.17) is 11.6 Å².